The highest BCUT2D eigenvalue weighted by Gasteiger charge is 2.47. The molecule has 1 N–H and O–H groups in total. The lowest BCUT2D eigenvalue weighted by molar-refractivity contribution is 0.159. The monoisotopic (exact) mass is 532 g/mol. The number of allylic oxidation sites excluding steroid dienone is 3. The molecule has 1 unspecified atom stereocenters. The number of rotatable bonds is 7. The zero-order chi connectivity index (χ0) is 21.1. The van der Waals surface area contributed by atoms with Crippen LogP contribution in [0.1, 0.15) is 43.7 Å². The summed E-state index contributed by atoms with van der Waals surface area (Å²) in [5.74, 6) is 0.916. The van der Waals surface area contributed by atoms with Gasteiger partial charge in [-0.05, 0) is 84.8 Å². The number of aliphatic hydroxyl groups excluding tert-OH is 1. The second-order valence-corrected chi connectivity index (χ2v) is 10.6. The van der Waals surface area contributed by atoms with Gasteiger partial charge >= 0.3 is 0 Å². The lowest BCUT2D eigenvalue weighted by Gasteiger charge is -2.38. The molecule has 30 heavy (non-hydrogen) atoms. The smallest absolute Gasteiger partial charge is 0.119 e. The number of halogens is 1. The van der Waals surface area contributed by atoms with Crippen molar-refractivity contribution in [2.24, 2.45) is 5.41 Å². The maximum Gasteiger partial charge on any atom is 0.119 e. The molecule has 1 fully saturated rings. The van der Waals surface area contributed by atoms with Crippen LogP contribution >= 0.6 is 30.1 Å². The second-order valence-electron chi connectivity index (χ2n) is 8.62. The first-order valence-corrected chi connectivity index (χ1v) is 14.0. The molecule has 0 radical (unpaired) electrons. The highest BCUT2D eigenvalue weighted by molar-refractivity contribution is 14.2. The van der Waals surface area contributed by atoms with Crippen LogP contribution in [0.2, 0.25) is 0 Å². The van der Waals surface area contributed by atoms with E-state index in [4.69, 9.17) is 4.74 Å². The van der Waals surface area contributed by atoms with Crippen LogP contribution in [-0.4, -0.2) is 18.3 Å². The molecule has 0 amide bonds. The van der Waals surface area contributed by atoms with Gasteiger partial charge in [-0.2, -0.15) is 0 Å². The Morgan fingerprint density at radius 2 is 1.87 bits per heavy atom. The van der Waals surface area contributed by atoms with Crippen LogP contribution in [0.4, 0.5) is 0 Å². The van der Waals surface area contributed by atoms with E-state index in [2.05, 4.69) is 76.7 Å². The predicted octanol–water partition coefficient (Wildman–Crippen LogP) is 7.07. The minimum absolute atomic E-state index is 0.0531. The van der Waals surface area contributed by atoms with Gasteiger partial charge in [0.2, 0.25) is 0 Å². The summed E-state index contributed by atoms with van der Waals surface area (Å²) < 4.78 is 5.41. The maximum absolute atomic E-state index is 10.7. The van der Waals surface area contributed by atoms with E-state index in [1.54, 1.807) is 7.11 Å². The molecule has 1 saturated carbocycles. The molecule has 0 aromatic heterocycles. The van der Waals surface area contributed by atoms with E-state index < -0.39 is 0 Å². The number of aryl methyl sites for hydroxylation is 1. The van der Waals surface area contributed by atoms with E-state index in [0.717, 1.165) is 44.3 Å². The quantitative estimate of drug-likeness (QED) is 0.387. The molecule has 4 rings (SSSR count). The number of hydrogen-bond acceptors (Lipinski definition) is 3. The Kier molecular flexibility index (Phi) is 6.95. The van der Waals surface area contributed by atoms with Crippen LogP contribution < -0.4 is 4.74 Å². The average molecular weight is 532 g/mol. The summed E-state index contributed by atoms with van der Waals surface area (Å²) in [5, 5.41) is 10.7. The lowest BCUT2D eigenvalue weighted by atomic mass is 9.68. The van der Waals surface area contributed by atoms with E-state index in [1.807, 2.05) is 15.0 Å². The third-order valence-electron chi connectivity index (χ3n) is 6.72. The molecule has 2 nitrogen and oxygen atoms in total. The molecule has 2 aliphatic carbocycles. The summed E-state index contributed by atoms with van der Waals surface area (Å²) >= 11 is 2.44. The third kappa shape index (κ3) is 4.51. The topological polar surface area (TPSA) is 29.5 Å². The Morgan fingerprint density at radius 1 is 1.10 bits per heavy atom. The Labute approximate surface area is 196 Å². The Morgan fingerprint density at radius 3 is 2.60 bits per heavy atom. The van der Waals surface area contributed by atoms with Crippen molar-refractivity contribution in [2.45, 2.75) is 51.6 Å². The Balaban J connectivity index is 1.69. The zero-order valence-corrected chi connectivity index (χ0v) is 20.6. The molecule has 0 spiro atoms. The van der Waals surface area contributed by atoms with Gasteiger partial charge in [-0.1, -0.05) is 57.0 Å². The molecule has 2 aromatic rings. The molecule has 0 bridgehead atoms. The van der Waals surface area contributed by atoms with Crippen LogP contribution in [0.5, 0.6) is 5.75 Å². The van der Waals surface area contributed by atoms with E-state index >= 15 is 0 Å². The normalized spacial score (nSPS) is 23.7. The van der Waals surface area contributed by atoms with Crippen LogP contribution in [0.25, 0.3) is 0 Å². The molecule has 158 valence electrons. The molecular weight excluding hydrogens is 503 g/mol. The van der Waals surface area contributed by atoms with Gasteiger partial charge in [-0.15, -0.1) is 0 Å². The van der Waals surface area contributed by atoms with Crippen molar-refractivity contribution < 1.29 is 9.84 Å². The Bertz CT molecular complexity index is 966. The summed E-state index contributed by atoms with van der Waals surface area (Å²) in [6, 6.07) is 19.2. The first-order chi connectivity index (χ1) is 14.5. The van der Waals surface area contributed by atoms with Crippen molar-refractivity contribution in [3.05, 3.63) is 87.3 Å². The molecule has 0 saturated heterocycles. The highest BCUT2D eigenvalue weighted by atomic mass is 127. The summed E-state index contributed by atoms with van der Waals surface area (Å²) in [7, 11) is 3.58. The fourth-order valence-corrected chi connectivity index (χ4v) is 7.33. The summed E-state index contributed by atoms with van der Waals surface area (Å²) in [4.78, 5) is 1.48. The standard InChI is InChI=1S/C26H29IO2S/c1-18-23(12-11-19-9-6-10-22(13-19)29-2)24-14-21(28)16-26(24,17-25(18)30-27)15-20-7-4-3-5-8-20/h3-10,13,21,28H,11-12,14-17H2,1-2H3/t21-,26?/m0/s1. The van der Waals surface area contributed by atoms with Gasteiger partial charge in [0.25, 0.3) is 0 Å². The number of fused-ring (bicyclic) bond motifs is 1. The third-order valence-corrected chi connectivity index (χ3v) is 8.95. The van der Waals surface area contributed by atoms with Crippen LogP contribution in [0.3, 0.4) is 0 Å². The first-order valence-electron chi connectivity index (χ1n) is 10.6. The van der Waals surface area contributed by atoms with E-state index in [1.165, 1.54) is 32.8 Å². The summed E-state index contributed by atoms with van der Waals surface area (Å²) in [6.45, 7) is 2.28. The molecule has 2 aliphatic rings. The molecule has 0 aliphatic heterocycles. The number of hydrogen-bond donors (Lipinski definition) is 1. The first kappa shape index (κ1) is 22.0. The van der Waals surface area contributed by atoms with Crippen molar-refractivity contribution in [1.82, 2.24) is 0 Å². The van der Waals surface area contributed by atoms with Gasteiger partial charge in [-0.3, -0.25) is 0 Å². The maximum atomic E-state index is 10.7. The zero-order valence-electron chi connectivity index (χ0n) is 17.7. The largest absolute Gasteiger partial charge is 0.497 e. The van der Waals surface area contributed by atoms with Gasteiger partial charge in [0.1, 0.15) is 5.75 Å². The fourth-order valence-electron chi connectivity index (χ4n) is 5.30. The van der Waals surface area contributed by atoms with E-state index in [9.17, 15) is 5.11 Å². The minimum atomic E-state index is -0.234. The highest BCUT2D eigenvalue weighted by Crippen LogP contribution is 2.58. The molecule has 0 heterocycles. The molecule has 2 atom stereocenters. The van der Waals surface area contributed by atoms with Crippen LogP contribution in [0, 0.1) is 5.41 Å². The van der Waals surface area contributed by atoms with Gasteiger partial charge in [0.05, 0.1) is 13.2 Å². The van der Waals surface area contributed by atoms with Gasteiger partial charge in [-0.25, -0.2) is 0 Å². The molecular formula is C26H29IO2S. The number of aliphatic hydroxyl groups is 1. The second kappa shape index (κ2) is 9.49. The Hall–Kier alpha value is -1.24. The lowest BCUT2D eigenvalue weighted by Crippen LogP contribution is -2.28. The average Bonchev–Trinajstić information content (AvgIpc) is 3.09. The van der Waals surface area contributed by atoms with E-state index in [-0.39, 0.29) is 11.5 Å². The van der Waals surface area contributed by atoms with E-state index in [0.29, 0.717) is 0 Å². The van der Waals surface area contributed by atoms with Gasteiger partial charge < -0.3 is 9.84 Å². The summed E-state index contributed by atoms with van der Waals surface area (Å²) in [5.41, 5.74) is 7.15. The molecule has 4 heteroatoms. The number of benzene rings is 2. The van der Waals surface area contributed by atoms with Crippen LogP contribution in [-0.2, 0) is 12.8 Å². The van der Waals surface area contributed by atoms with Gasteiger partial charge in [0.15, 0.2) is 0 Å². The van der Waals surface area contributed by atoms with Gasteiger partial charge in [0, 0.05) is 26.6 Å². The molecule has 2 aromatic carbocycles. The SMILES string of the molecule is COc1cccc(CCC2=C3C[C@H](O)CC3(Cc3ccccc3)CC(SI)=C2C)c1. The summed E-state index contributed by atoms with van der Waals surface area (Å²) in [6.07, 6.45) is 5.52. The van der Waals surface area contributed by atoms with Crippen molar-refractivity contribution in [3.8, 4) is 5.75 Å². The van der Waals surface area contributed by atoms with Crippen molar-refractivity contribution >= 4 is 30.1 Å². The predicted molar refractivity (Wildman–Crippen MR) is 135 cm³/mol. The van der Waals surface area contributed by atoms with Crippen LogP contribution in [0.15, 0.2) is 76.2 Å². The fraction of sp³-hybridized carbons (Fsp3) is 0.385. The van der Waals surface area contributed by atoms with Crippen molar-refractivity contribution in [1.29, 1.82) is 0 Å². The number of methoxy groups -OCH3 is 1. The minimum Gasteiger partial charge on any atom is -0.497 e. The van der Waals surface area contributed by atoms with Crippen molar-refractivity contribution in [3.63, 3.8) is 0 Å². The number of ether oxygens (including phenoxy) is 1. The van der Waals surface area contributed by atoms with Crippen molar-refractivity contribution in [2.75, 3.05) is 7.11 Å².